The number of nitrogens with one attached hydrogen (secondary N) is 1. The highest BCUT2D eigenvalue weighted by Crippen LogP contribution is 2.30. The number of alkyl halides is 4. The SMILES string of the molecule is O=C(O)CNC(=O)C(F)c1ccc(C(F)(F)F)cc1. The molecular weight excluding hydrogens is 270 g/mol. The molecule has 1 aromatic carbocycles. The third-order valence-electron chi connectivity index (χ3n) is 2.17. The summed E-state index contributed by atoms with van der Waals surface area (Å²) in [7, 11) is 0. The van der Waals surface area contributed by atoms with Crippen molar-refractivity contribution in [3.05, 3.63) is 35.4 Å². The van der Waals surface area contributed by atoms with E-state index in [2.05, 4.69) is 0 Å². The van der Waals surface area contributed by atoms with Gasteiger partial charge in [-0.15, -0.1) is 0 Å². The minimum Gasteiger partial charge on any atom is -0.480 e. The summed E-state index contributed by atoms with van der Waals surface area (Å²) in [6.07, 6.45) is -6.77. The second-order valence-corrected chi connectivity index (χ2v) is 3.59. The normalized spacial score (nSPS) is 12.8. The van der Waals surface area contributed by atoms with E-state index in [0.29, 0.717) is 12.1 Å². The molecule has 0 heterocycles. The molecule has 1 rings (SSSR count). The largest absolute Gasteiger partial charge is 0.480 e. The molecule has 0 spiro atoms. The summed E-state index contributed by atoms with van der Waals surface area (Å²) < 4.78 is 50.3. The van der Waals surface area contributed by atoms with E-state index in [4.69, 9.17) is 5.11 Å². The topological polar surface area (TPSA) is 66.4 Å². The van der Waals surface area contributed by atoms with Gasteiger partial charge in [0, 0.05) is 0 Å². The zero-order valence-corrected chi connectivity index (χ0v) is 9.37. The first kappa shape index (κ1) is 14.9. The number of benzene rings is 1. The van der Waals surface area contributed by atoms with Gasteiger partial charge in [-0.25, -0.2) is 4.39 Å². The van der Waals surface area contributed by atoms with Gasteiger partial charge < -0.3 is 10.4 Å². The molecule has 0 aliphatic heterocycles. The van der Waals surface area contributed by atoms with Crippen LogP contribution in [0.5, 0.6) is 0 Å². The van der Waals surface area contributed by atoms with Crippen molar-refractivity contribution in [1.82, 2.24) is 5.32 Å². The van der Waals surface area contributed by atoms with Gasteiger partial charge in [0.15, 0.2) is 0 Å². The lowest BCUT2D eigenvalue weighted by atomic mass is 10.1. The summed E-state index contributed by atoms with van der Waals surface area (Å²) in [6.45, 7) is -0.764. The van der Waals surface area contributed by atoms with Gasteiger partial charge in [0.1, 0.15) is 6.54 Å². The summed E-state index contributed by atoms with van der Waals surface area (Å²) in [5, 5.41) is 10.1. The highest BCUT2D eigenvalue weighted by atomic mass is 19.4. The molecule has 104 valence electrons. The number of hydrogen-bond donors (Lipinski definition) is 2. The molecule has 1 unspecified atom stereocenters. The molecule has 0 aliphatic rings. The average molecular weight is 279 g/mol. The Morgan fingerprint density at radius 3 is 2.16 bits per heavy atom. The van der Waals surface area contributed by atoms with Crippen LogP contribution in [0.3, 0.4) is 0 Å². The maximum Gasteiger partial charge on any atom is 0.416 e. The summed E-state index contributed by atoms with van der Waals surface area (Å²) >= 11 is 0. The van der Waals surface area contributed by atoms with Crippen LogP contribution in [0.25, 0.3) is 0 Å². The van der Waals surface area contributed by atoms with Crippen LogP contribution < -0.4 is 5.32 Å². The van der Waals surface area contributed by atoms with Crippen molar-refractivity contribution in [1.29, 1.82) is 0 Å². The predicted octanol–water partition coefficient (Wildman–Crippen LogP) is 1.92. The molecule has 0 aromatic heterocycles. The Labute approximate surface area is 105 Å². The van der Waals surface area contributed by atoms with Gasteiger partial charge in [0.2, 0.25) is 6.17 Å². The molecule has 8 heteroatoms. The number of carbonyl (C=O) groups excluding carboxylic acids is 1. The number of rotatable bonds is 4. The van der Waals surface area contributed by atoms with Crippen molar-refractivity contribution in [3.8, 4) is 0 Å². The molecule has 0 saturated carbocycles. The van der Waals surface area contributed by atoms with Crippen LogP contribution in [-0.2, 0) is 15.8 Å². The van der Waals surface area contributed by atoms with Crippen LogP contribution >= 0.6 is 0 Å². The number of halogens is 4. The third kappa shape index (κ3) is 4.23. The Morgan fingerprint density at radius 2 is 1.74 bits per heavy atom. The monoisotopic (exact) mass is 279 g/mol. The maximum absolute atomic E-state index is 13.5. The molecule has 1 aromatic rings. The lowest BCUT2D eigenvalue weighted by Gasteiger charge is -2.10. The molecule has 0 aliphatic carbocycles. The van der Waals surface area contributed by atoms with Crippen LogP contribution in [0.15, 0.2) is 24.3 Å². The van der Waals surface area contributed by atoms with Crippen LogP contribution in [0.2, 0.25) is 0 Å². The number of aliphatic carboxylic acids is 1. The van der Waals surface area contributed by atoms with Crippen molar-refractivity contribution in [2.45, 2.75) is 12.3 Å². The summed E-state index contributed by atoms with van der Waals surface area (Å²) in [6, 6.07) is 2.94. The van der Waals surface area contributed by atoms with E-state index in [1.54, 1.807) is 5.32 Å². The van der Waals surface area contributed by atoms with Gasteiger partial charge in [0.05, 0.1) is 5.56 Å². The number of carboxylic acid groups (broad SMARTS) is 1. The molecule has 0 radical (unpaired) electrons. The van der Waals surface area contributed by atoms with Gasteiger partial charge in [-0.1, -0.05) is 12.1 Å². The first-order valence-corrected chi connectivity index (χ1v) is 5.02. The Balaban J connectivity index is 2.75. The third-order valence-corrected chi connectivity index (χ3v) is 2.17. The summed E-state index contributed by atoms with van der Waals surface area (Å²) in [4.78, 5) is 21.3. The molecule has 2 N–H and O–H groups in total. The second kappa shape index (κ2) is 5.68. The van der Waals surface area contributed by atoms with Crippen molar-refractivity contribution in [2.24, 2.45) is 0 Å². The smallest absolute Gasteiger partial charge is 0.416 e. The van der Waals surface area contributed by atoms with Gasteiger partial charge in [-0.3, -0.25) is 9.59 Å². The van der Waals surface area contributed by atoms with Crippen molar-refractivity contribution in [3.63, 3.8) is 0 Å². The quantitative estimate of drug-likeness (QED) is 0.827. The molecule has 0 saturated heterocycles. The zero-order chi connectivity index (χ0) is 14.6. The number of hydrogen-bond acceptors (Lipinski definition) is 2. The van der Waals surface area contributed by atoms with E-state index in [9.17, 15) is 27.2 Å². The van der Waals surface area contributed by atoms with E-state index in [0.717, 1.165) is 12.1 Å². The van der Waals surface area contributed by atoms with E-state index >= 15 is 0 Å². The van der Waals surface area contributed by atoms with Crippen LogP contribution in [-0.4, -0.2) is 23.5 Å². The van der Waals surface area contributed by atoms with Crippen molar-refractivity contribution in [2.75, 3.05) is 6.54 Å². The highest BCUT2D eigenvalue weighted by Gasteiger charge is 2.30. The summed E-state index contributed by atoms with van der Waals surface area (Å²) in [5.41, 5.74) is -1.25. The van der Waals surface area contributed by atoms with Gasteiger partial charge >= 0.3 is 12.1 Å². The standard InChI is InChI=1S/C11H9F4NO3/c12-9(10(19)16-5-8(17)18)6-1-3-7(4-2-6)11(13,14)15/h1-4,9H,5H2,(H,16,19)(H,17,18). The summed E-state index contributed by atoms with van der Waals surface area (Å²) in [5.74, 6) is -2.57. The number of carboxylic acids is 1. The molecule has 19 heavy (non-hydrogen) atoms. The molecular formula is C11H9F4NO3. The number of amides is 1. The zero-order valence-electron chi connectivity index (χ0n) is 9.37. The molecule has 1 amide bonds. The van der Waals surface area contributed by atoms with Gasteiger partial charge in [-0.2, -0.15) is 13.2 Å². The van der Waals surface area contributed by atoms with E-state index in [1.165, 1.54) is 0 Å². The van der Waals surface area contributed by atoms with Gasteiger partial charge in [-0.05, 0) is 17.7 Å². The van der Waals surface area contributed by atoms with E-state index < -0.39 is 36.3 Å². The fourth-order valence-electron chi connectivity index (χ4n) is 1.24. The van der Waals surface area contributed by atoms with Crippen LogP contribution in [0, 0.1) is 0 Å². The fraction of sp³-hybridized carbons (Fsp3) is 0.273. The fourth-order valence-corrected chi connectivity index (χ4v) is 1.24. The molecule has 1 atom stereocenters. The minimum absolute atomic E-state index is 0.282. The Hall–Kier alpha value is -2.12. The Morgan fingerprint density at radius 1 is 1.21 bits per heavy atom. The highest BCUT2D eigenvalue weighted by molar-refractivity contribution is 5.85. The van der Waals surface area contributed by atoms with Crippen molar-refractivity contribution < 1.29 is 32.3 Å². The number of carbonyl (C=O) groups is 2. The average Bonchev–Trinajstić information content (AvgIpc) is 2.34. The predicted molar refractivity (Wildman–Crippen MR) is 55.9 cm³/mol. The van der Waals surface area contributed by atoms with Crippen molar-refractivity contribution >= 4 is 11.9 Å². The molecule has 4 nitrogen and oxygen atoms in total. The minimum atomic E-state index is -4.55. The maximum atomic E-state index is 13.5. The van der Waals surface area contributed by atoms with Crippen LogP contribution in [0.4, 0.5) is 17.6 Å². The lowest BCUT2D eigenvalue weighted by molar-refractivity contribution is -0.139. The van der Waals surface area contributed by atoms with Crippen LogP contribution in [0.1, 0.15) is 17.3 Å². The molecule has 0 bridgehead atoms. The Bertz CT molecular complexity index is 470. The Kier molecular flexibility index (Phi) is 4.47. The van der Waals surface area contributed by atoms with E-state index in [1.807, 2.05) is 0 Å². The lowest BCUT2D eigenvalue weighted by Crippen LogP contribution is -2.32. The first-order chi connectivity index (χ1) is 8.71. The second-order valence-electron chi connectivity index (χ2n) is 3.59. The van der Waals surface area contributed by atoms with Gasteiger partial charge in [0.25, 0.3) is 5.91 Å². The van der Waals surface area contributed by atoms with E-state index in [-0.39, 0.29) is 5.56 Å². The molecule has 0 fully saturated rings. The first-order valence-electron chi connectivity index (χ1n) is 5.02.